The van der Waals surface area contributed by atoms with E-state index in [1.165, 1.54) is 13.0 Å². The molecule has 0 saturated carbocycles. The van der Waals surface area contributed by atoms with Crippen molar-refractivity contribution in [1.82, 2.24) is 0 Å². The lowest BCUT2D eigenvalue weighted by Crippen LogP contribution is -2.06. The molecule has 0 aliphatic carbocycles. The lowest BCUT2D eigenvalue weighted by Gasteiger charge is -2.05. The van der Waals surface area contributed by atoms with Crippen LogP contribution in [0.3, 0.4) is 0 Å². The quantitative estimate of drug-likeness (QED) is 0.728. The Kier molecular flexibility index (Phi) is 2.33. The Bertz CT molecular complexity index is 294. The average molecular weight is 165 g/mol. The summed E-state index contributed by atoms with van der Waals surface area (Å²) in [7, 11) is 0. The van der Waals surface area contributed by atoms with Gasteiger partial charge in [-0.2, -0.15) is 0 Å². The average Bonchev–Trinajstić information content (AvgIpc) is 2.04. The van der Waals surface area contributed by atoms with Crippen LogP contribution in [-0.2, 0) is 9.90 Å². The number of para-hydroxylation sites is 1. The molecule has 0 bridgehead atoms. The molecule has 1 aromatic rings. The van der Waals surface area contributed by atoms with Crippen LogP contribution in [0, 0.1) is 0 Å². The van der Waals surface area contributed by atoms with E-state index in [0.717, 1.165) is 0 Å². The standard InChI is InChI=1S/C9H9O3/c1-6(9(11)12)7-4-2-3-5-8(7)10/h2-6H,1H3,(H,11,12). The van der Waals surface area contributed by atoms with Gasteiger partial charge < -0.3 is 5.11 Å². The molecule has 0 saturated heterocycles. The zero-order valence-electron chi connectivity index (χ0n) is 6.65. The van der Waals surface area contributed by atoms with Crippen LogP contribution in [0.1, 0.15) is 18.4 Å². The normalized spacial score (nSPS) is 12.4. The third-order valence-corrected chi connectivity index (χ3v) is 1.76. The van der Waals surface area contributed by atoms with Crippen molar-refractivity contribution in [3.05, 3.63) is 29.8 Å². The molecule has 0 heterocycles. The van der Waals surface area contributed by atoms with Gasteiger partial charge in [-0.25, -0.2) is 0 Å². The fourth-order valence-corrected chi connectivity index (χ4v) is 0.971. The summed E-state index contributed by atoms with van der Waals surface area (Å²) in [6, 6.07) is 6.17. The van der Waals surface area contributed by atoms with Gasteiger partial charge in [0.2, 0.25) is 0 Å². The Morgan fingerprint density at radius 1 is 1.42 bits per heavy atom. The summed E-state index contributed by atoms with van der Waals surface area (Å²) in [5.74, 6) is -1.91. The monoisotopic (exact) mass is 165 g/mol. The second-order valence-electron chi connectivity index (χ2n) is 2.60. The second-order valence-corrected chi connectivity index (χ2v) is 2.60. The fourth-order valence-electron chi connectivity index (χ4n) is 0.971. The van der Waals surface area contributed by atoms with Gasteiger partial charge >= 0.3 is 5.97 Å². The first-order valence-corrected chi connectivity index (χ1v) is 3.61. The molecule has 12 heavy (non-hydrogen) atoms. The molecule has 1 rings (SSSR count). The van der Waals surface area contributed by atoms with Gasteiger partial charge in [0.25, 0.3) is 0 Å². The van der Waals surface area contributed by atoms with Crippen molar-refractivity contribution in [3.63, 3.8) is 0 Å². The SMILES string of the molecule is CC(C(=O)O)c1ccccc1[O]. The van der Waals surface area contributed by atoms with Gasteiger partial charge in [0.1, 0.15) is 0 Å². The Hall–Kier alpha value is -1.51. The minimum absolute atomic E-state index is 0.215. The number of carboxylic acid groups (broad SMARTS) is 1. The van der Waals surface area contributed by atoms with E-state index in [2.05, 4.69) is 0 Å². The minimum atomic E-state index is -0.974. The molecule has 1 atom stereocenters. The number of hydrogen-bond donors (Lipinski definition) is 1. The predicted molar refractivity (Wildman–Crippen MR) is 42.6 cm³/mol. The largest absolute Gasteiger partial charge is 0.481 e. The second kappa shape index (κ2) is 3.26. The summed E-state index contributed by atoms with van der Waals surface area (Å²) in [5.41, 5.74) is 0.338. The van der Waals surface area contributed by atoms with Crippen molar-refractivity contribution in [2.24, 2.45) is 0 Å². The van der Waals surface area contributed by atoms with Crippen molar-refractivity contribution in [2.45, 2.75) is 12.8 Å². The highest BCUT2D eigenvalue weighted by Crippen LogP contribution is 2.25. The van der Waals surface area contributed by atoms with Crippen molar-refractivity contribution < 1.29 is 15.0 Å². The maximum Gasteiger partial charge on any atom is 0.310 e. The van der Waals surface area contributed by atoms with Gasteiger partial charge in [-0.15, -0.1) is 0 Å². The summed E-state index contributed by atoms with van der Waals surface area (Å²) < 4.78 is 0. The van der Waals surface area contributed by atoms with E-state index in [4.69, 9.17) is 5.11 Å². The van der Waals surface area contributed by atoms with E-state index < -0.39 is 11.9 Å². The minimum Gasteiger partial charge on any atom is -0.481 e. The molecule has 3 nitrogen and oxygen atoms in total. The maximum atomic E-state index is 11.1. The Labute approximate surface area is 70.3 Å². The van der Waals surface area contributed by atoms with Gasteiger partial charge in [0.15, 0.2) is 5.75 Å². The van der Waals surface area contributed by atoms with Crippen LogP contribution in [0.5, 0.6) is 5.75 Å². The third-order valence-electron chi connectivity index (χ3n) is 1.76. The van der Waals surface area contributed by atoms with E-state index in [9.17, 15) is 9.90 Å². The highest BCUT2D eigenvalue weighted by molar-refractivity contribution is 5.76. The van der Waals surface area contributed by atoms with Gasteiger partial charge in [-0.1, -0.05) is 18.2 Å². The molecule has 1 N–H and O–H groups in total. The molecule has 0 aromatic heterocycles. The van der Waals surface area contributed by atoms with E-state index >= 15 is 0 Å². The van der Waals surface area contributed by atoms with Crippen LogP contribution in [0.4, 0.5) is 0 Å². The number of aliphatic carboxylic acids is 1. The summed E-state index contributed by atoms with van der Waals surface area (Å²) in [4.78, 5) is 10.5. The van der Waals surface area contributed by atoms with Gasteiger partial charge in [0, 0.05) is 5.56 Å². The summed E-state index contributed by atoms with van der Waals surface area (Å²) in [6.45, 7) is 1.50. The van der Waals surface area contributed by atoms with Gasteiger partial charge in [0.05, 0.1) is 5.92 Å². The molecule has 1 unspecified atom stereocenters. The molecule has 1 radical (unpaired) electrons. The summed E-state index contributed by atoms with van der Waals surface area (Å²) in [6.07, 6.45) is 0. The van der Waals surface area contributed by atoms with E-state index in [1.807, 2.05) is 0 Å². The zero-order chi connectivity index (χ0) is 9.14. The van der Waals surface area contributed by atoms with Crippen LogP contribution in [-0.4, -0.2) is 11.1 Å². The topological polar surface area (TPSA) is 57.2 Å². The van der Waals surface area contributed by atoms with Crippen molar-refractivity contribution in [3.8, 4) is 5.75 Å². The molecular weight excluding hydrogens is 156 g/mol. The molecule has 1 aromatic carbocycles. The van der Waals surface area contributed by atoms with Gasteiger partial charge in [-0.05, 0) is 13.0 Å². The smallest absolute Gasteiger partial charge is 0.310 e. The van der Waals surface area contributed by atoms with Crippen LogP contribution in [0.15, 0.2) is 24.3 Å². The molecule has 0 amide bonds. The molecule has 0 spiro atoms. The lowest BCUT2D eigenvalue weighted by atomic mass is 10.0. The van der Waals surface area contributed by atoms with Crippen LogP contribution < -0.4 is 0 Å². The zero-order valence-corrected chi connectivity index (χ0v) is 6.65. The first kappa shape index (κ1) is 8.59. The first-order chi connectivity index (χ1) is 5.63. The molecule has 3 heteroatoms. The van der Waals surface area contributed by atoms with E-state index in [0.29, 0.717) is 5.56 Å². The predicted octanol–water partition coefficient (Wildman–Crippen LogP) is 2.02. The van der Waals surface area contributed by atoms with Crippen molar-refractivity contribution >= 4 is 5.97 Å². The highest BCUT2D eigenvalue weighted by Gasteiger charge is 2.17. The number of carboxylic acids is 1. The number of carbonyl (C=O) groups is 1. The lowest BCUT2D eigenvalue weighted by molar-refractivity contribution is -0.138. The summed E-state index contributed by atoms with van der Waals surface area (Å²) >= 11 is 0. The molecule has 0 fully saturated rings. The van der Waals surface area contributed by atoms with Crippen LogP contribution in [0.25, 0.3) is 0 Å². The molecule has 63 valence electrons. The Morgan fingerprint density at radius 3 is 2.50 bits per heavy atom. The third kappa shape index (κ3) is 1.56. The summed E-state index contributed by atoms with van der Waals surface area (Å²) in [5, 5.41) is 19.7. The highest BCUT2D eigenvalue weighted by atomic mass is 16.4. The van der Waals surface area contributed by atoms with Crippen molar-refractivity contribution in [1.29, 1.82) is 0 Å². The molecule has 0 aliphatic rings. The van der Waals surface area contributed by atoms with E-state index in [1.54, 1.807) is 18.2 Å². The molecule has 0 aliphatic heterocycles. The number of rotatable bonds is 2. The number of hydrogen-bond acceptors (Lipinski definition) is 1. The maximum absolute atomic E-state index is 11.1. The van der Waals surface area contributed by atoms with Crippen LogP contribution in [0.2, 0.25) is 0 Å². The Morgan fingerprint density at radius 2 is 2.00 bits per heavy atom. The van der Waals surface area contributed by atoms with Crippen molar-refractivity contribution in [2.75, 3.05) is 0 Å². The number of benzene rings is 1. The van der Waals surface area contributed by atoms with E-state index in [-0.39, 0.29) is 5.75 Å². The Balaban J connectivity index is 3.02. The fraction of sp³-hybridized carbons (Fsp3) is 0.222. The first-order valence-electron chi connectivity index (χ1n) is 3.61. The van der Waals surface area contributed by atoms with Crippen LogP contribution >= 0.6 is 0 Å². The molecular formula is C9H9O3. The van der Waals surface area contributed by atoms with Gasteiger partial charge in [-0.3, -0.25) is 9.90 Å².